The molecule has 1 aromatic rings. The van der Waals surface area contributed by atoms with Crippen molar-refractivity contribution in [2.45, 2.75) is 52.1 Å². The Bertz CT molecular complexity index is 655. The number of aliphatic imine (C=N–C) groups is 1. The van der Waals surface area contributed by atoms with E-state index in [-0.39, 0.29) is 5.54 Å². The molecule has 1 aromatic carbocycles. The van der Waals surface area contributed by atoms with E-state index in [9.17, 15) is 5.26 Å². The van der Waals surface area contributed by atoms with Crippen molar-refractivity contribution in [3.63, 3.8) is 0 Å². The van der Waals surface area contributed by atoms with Gasteiger partial charge in [0.05, 0.1) is 17.8 Å². The molecule has 0 aliphatic carbocycles. The Balaban J connectivity index is 1.96. The molecule has 1 aliphatic rings. The molecule has 1 atom stereocenters. The second kappa shape index (κ2) is 10.2. The second-order valence-corrected chi connectivity index (χ2v) is 8.00. The highest BCUT2D eigenvalue weighted by molar-refractivity contribution is 5.80. The van der Waals surface area contributed by atoms with E-state index in [0.717, 1.165) is 62.8 Å². The summed E-state index contributed by atoms with van der Waals surface area (Å²) >= 11 is 0. The first-order valence-electron chi connectivity index (χ1n) is 9.97. The Labute approximate surface area is 164 Å². The van der Waals surface area contributed by atoms with Gasteiger partial charge in [0.1, 0.15) is 6.07 Å². The number of nitrogens with one attached hydrogen (secondary N) is 3. The molecule has 1 saturated heterocycles. The molecule has 3 N–H and O–H groups in total. The molecule has 27 heavy (non-hydrogen) atoms. The maximum Gasteiger partial charge on any atom is 0.191 e. The number of guanidine groups is 1. The van der Waals surface area contributed by atoms with Gasteiger partial charge in [0.25, 0.3) is 0 Å². The summed E-state index contributed by atoms with van der Waals surface area (Å²) in [6.45, 7) is 12.9. The van der Waals surface area contributed by atoms with Crippen molar-refractivity contribution in [2.24, 2.45) is 4.99 Å². The number of hydrogen-bond donors (Lipinski definition) is 3. The fourth-order valence-corrected chi connectivity index (χ4v) is 3.27. The molecule has 6 heteroatoms. The zero-order valence-corrected chi connectivity index (χ0v) is 17.2. The van der Waals surface area contributed by atoms with Crippen LogP contribution in [0.25, 0.3) is 0 Å². The van der Waals surface area contributed by atoms with Gasteiger partial charge in [0.15, 0.2) is 5.96 Å². The fraction of sp³-hybridized carbons (Fsp3) is 0.619. The zero-order chi connectivity index (χ0) is 19.7. The number of nitriles is 1. The summed E-state index contributed by atoms with van der Waals surface area (Å²) in [5.41, 5.74) is 1.88. The average Bonchev–Trinajstić information content (AvgIpc) is 2.65. The minimum atomic E-state index is 0.110. The molecule has 0 amide bonds. The maximum atomic E-state index is 9.38. The SMILES string of the molecule is CCNC(=NCCNC(C)(C)C)NC1CCCN(c2ccccc2C#N)C1. The molecule has 1 aliphatic heterocycles. The molecular formula is C21H34N6. The Hall–Kier alpha value is -2.26. The molecule has 1 unspecified atom stereocenters. The highest BCUT2D eigenvalue weighted by Crippen LogP contribution is 2.23. The minimum Gasteiger partial charge on any atom is -0.368 e. The van der Waals surface area contributed by atoms with Gasteiger partial charge in [-0.05, 0) is 52.7 Å². The normalized spacial score (nSPS) is 18.1. The summed E-state index contributed by atoms with van der Waals surface area (Å²) in [5.74, 6) is 0.869. The molecule has 1 fully saturated rings. The topological polar surface area (TPSA) is 75.5 Å². The highest BCUT2D eigenvalue weighted by Gasteiger charge is 2.22. The van der Waals surface area contributed by atoms with E-state index in [1.54, 1.807) is 0 Å². The summed E-state index contributed by atoms with van der Waals surface area (Å²) in [7, 11) is 0. The first-order chi connectivity index (χ1) is 12.9. The van der Waals surface area contributed by atoms with Gasteiger partial charge in [-0.1, -0.05) is 12.1 Å². The summed E-state index contributed by atoms with van der Waals surface area (Å²) < 4.78 is 0. The molecule has 6 nitrogen and oxygen atoms in total. The van der Waals surface area contributed by atoms with E-state index >= 15 is 0 Å². The van der Waals surface area contributed by atoms with Crippen molar-refractivity contribution >= 4 is 11.6 Å². The number of rotatable bonds is 6. The van der Waals surface area contributed by atoms with E-state index in [1.807, 2.05) is 24.3 Å². The maximum absolute atomic E-state index is 9.38. The van der Waals surface area contributed by atoms with Crippen LogP contribution >= 0.6 is 0 Å². The molecule has 2 rings (SSSR count). The van der Waals surface area contributed by atoms with E-state index in [4.69, 9.17) is 4.99 Å². The average molecular weight is 371 g/mol. The van der Waals surface area contributed by atoms with Gasteiger partial charge in [0.2, 0.25) is 0 Å². The largest absolute Gasteiger partial charge is 0.368 e. The third-order valence-electron chi connectivity index (χ3n) is 4.51. The molecular weight excluding hydrogens is 336 g/mol. The van der Waals surface area contributed by atoms with Crippen LogP contribution in [0.1, 0.15) is 46.1 Å². The van der Waals surface area contributed by atoms with Crippen LogP contribution in [0.4, 0.5) is 5.69 Å². The molecule has 0 bridgehead atoms. The lowest BCUT2D eigenvalue weighted by molar-refractivity contribution is 0.431. The lowest BCUT2D eigenvalue weighted by atomic mass is 10.0. The minimum absolute atomic E-state index is 0.110. The van der Waals surface area contributed by atoms with Gasteiger partial charge in [-0.3, -0.25) is 4.99 Å². The van der Waals surface area contributed by atoms with Crippen LogP contribution in [-0.4, -0.2) is 50.3 Å². The number of anilines is 1. The molecule has 0 radical (unpaired) electrons. The van der Waals surface area contributed by atoms with Gasteiger partial charge in [0, 0.05) is 37.8 Å². The quantitative estimate of drug-likeness (QED) is 0.407. The van der Waals surface area contributed by atoms with Gasteiger partial charge >= 0.3 is 0 Å². The number of benzene rings is 1. The second-order valence-electron chi connectivity index (χ2n) is 8.00. The van der Waals surface area contributed by atoms with E-state index < -0.39 is 0 Å². The van der Waals surface area contributed by atoms with E-state index in [0.29, 0.717) is 6.04 Å². The van der Waals surface area contributed by atoms with Gasteiger partial charge < -0.3 is 20.9 Å². The van der Waals surface area contributed by atoms with Crippen LogP contribution in [0.15, 0.2) is 29.3 Å². The van der Waals surface area contributed by atoms with Crippen LogP contribution in [0, 0.1) is 11.3 Å². The number of para-hydroxylation sites is 1. The van der Waals surface area contributed by atoms with E-state index in [2.05, 4.69) is 54.6 Å². The van der Waals surface area contributed by atoms with Gasteiger partial charge in [-0.15, -0.1) is 0 Å². The Morgan fingerprint density at radius 1 is 1.33 bits per heavy atom. The molecule has 0 spiro atoms. The zero-order valence-electron chi connectivity index (χ0n) is 17.2. The predicted octanol–water partition coefficient (Wildman–Crippen LogP) is 2.47. The fourth-order valence-electron chi connectivity index (χ4n) is 3.27. The summed E-state index contributed by atoms with van der Waals surface area (Å²) in [6.07, 6.45) is 2.21. The molecule has 1 heterocycles. The first kappa shape index (κ1) is 21.0. The summed E-state index contributed by atoms with van der Waals surface area (Å²) in [6, 6.07) is 10.5. The van der Waals surface area contributed by atoms with Crippen molar-refractivity contribution in [3.8, 4) is 6.07 Å². The van der Waals surface area contributed by atoms with Crippen molar-refractivity contribution < 1.29 is 0 Å². The Morgan fingerprint density at radius 2 is 2.11 bits per heavy atom. The standard InChI is InChI=1S/C21H34N6/c1-5-23-20(24-12-13-25-21(2,3)4)26-18-10-8-14-27(16-18)19-11-7-6-9-17(19)15-22/h6-7,9,11,18,25H,5,8,10,12-14,16H2,1-4H3,(H2,23,24,26). The van der Waals surface area contributed by atoms with Crippen molar-refractivity contribution in [1.29, 1.82) is 5.26 Å². The Morgan fingerprint density at radius 3 is 2.81 bits per heavy atom. The third-order valence-corrected chi connectivity index (χ3v) is 4.51. The third kappa shape index (κ3) is 7.10. The van der Waals surface area contributed by atoms with Crippen molar-refractivity contribution in [3.05, 3.63) is 29.8 Å². The molecule has 0 aromatic heterocycles. The highest BCUT2D eigenvalue weighted by atomic mass is 15.2. The first-order valence-corrected chi connectivity index (χ1v) is 9.97. The van der Waals surface area contributed by atoms with Gasteiger partial charge in [-0.25, -0.2) is 0 Å². The van der Waals surface area contributed by atoms with Crippen LogP contribution in [0.2, 0.25) is 0 Å². The van der Waals surface area contributed by atoms with E-state index in [1.165, 1.54) is 0 Å². The lowest BCUT2D eigenvalue weighted by Gasteiger charge is -2.35. The van der Waals surface area contributed by atoms with Crippen molar-refractivity contribution in [1.82, 2.24) is 16.0 Å². The van der Waals surface area contributed by atoms with Crippen LogP contribution in [0.5, 0.6) is 0 Å². The van der Waals surface area contributed by atoms with Crippen LogP contribution < -0.4 is 20.9 Å². The summed E-state index contributed by atoms with van der Waals surface area (Å²) in [5, 5.41) is 19.8. The number of hydrogen-bond acceptors (Lipinski definition) is 4. The van der Waals surface area contributed by atoms with Crippen molar-refractivity contribution in [2.75, 3.05) is 37.6 Å². The van der Waals surface area contributed by atoms with Gasteiger partial charge in [-0.2, -0.15) is 5.26 Å². The number of piperidine rings is 1. The van der Waals surface area contributed by atoms with Crippen LogP contribution in [-0.2, 0) is 0 Å². The molecule has 0 saturated carbocycles. The van der Waals surface area contributed by atoms with Crippen LogP contribution in [0.3, 0.4) is 0 Å². The lowest BCUT2D eigenvalue weighted by Crippen LogP contribution is -2.51. The monoisotopic (exact) mass is 370 g/mol. The Kier molecular flexibility index (Phi) is 7.93. The summed E-state index contributed by atoms with van der Waals surface area (Å²) in [4.78, 5) is 7.01. The smallest absolute Gasteiger partial charge is 0.191 e. The number of nitrogens with zero attached hydrogens (tertiary/aromatic N) is 3. The molecule has 148 valence electrons. The predicted molar refractivity (Wildman–Crippen MR) is 113 cm³/mol.